The Morgan fingerprint density at radius 3 is 2.44 bits per heavy atom. The number of nitrogens with zero attached hydrogens (tertiary/aromatic N) is 2. The molecule has 1 aliphatic heterocycles. The van der Waals surface area contributed by atoms with Crippen LogP contribution in [0.1, 0.15) is 73.7 Å². The van der Waals surface area contributed by atoms with Gasteiger partial charge in [-0.05, 0) is 62.1 Å². The molecule has 0 aromatic heterocycles. The number of benzene rings is 2. The molecule has 0 aliphatic carbocycles. The van der Waals surface area contributed by atoms with E-state index in [4.69, 9.17) is 23.2 Å². The quantitative estimate of drug-likeness (QED) is 0.322. The Morgan fingerprint density at radius 1 is 1.06 bits per heavy atom. The van der Waals surface area contributed by atoms with Gasteiger partial charge in [-0.3, -0.25) is 9.59 Å². The Morgan fingerprint density at radius 2 is 1.78 bits per heavy atom. The van der Waals surface area contributed by atoms with Crippen LogP contribution in [0.5, 0.6) is 0 Å². The molecule has 0 bridgehead atoms. The molecule has 0 saturated carbocycles. The van der Waals surface area contributed by atoms with E-state index in [0.717, 1.165) is 63.7 Å². The predicted molar refractivity (Wildman–Crippen MR) is 149 cm³/mol. The number of carbonyl (C=O) groups is 2. The molecular formula is C29H39Cl2N3O2. The normalized spacial score (nSPS) is 15.4. The maximum Gasteiger partial charge on any atom is 0.253 e. The monoisotopic (exact) mass is 531 g/mol. The van der Waals surface area contributed by atoms with E-state index in [2.05, 4.69) is 17.1 Å². The lowest BCUT2D eigenvalue weighted by molar-refractivity contribution is -0.122. The zero-order valence-corrected chi connectivity index (χ0v) is 23.0. The third-order valence-electron chi connectivity index (χ3n) is 7.03. The summed E-state index contributed by atoms with van der Waals surface area (Å²) < 4.78 is 0. The summed E-state index contributed by atoms with van der Waals surface area (Å²) in [7, 11) is 1.86. The second kappa shape index (κ2) is 14.6. The third kappa shape index (κ3) is 8.79. The number of hydrogen-bond acceptors (Lipinski definition) is 3. The number of likely N-dealkylation sites (tertiary alicyclic amines) is 1. The van der Waals surface area contributed by atoms with Crippen LogP contribution >= 0.6 is 23.2 Å². The molecule has 1 heterocycles. The van der Waals surface area contributed by atoms with Crippen LogP contribution in [0, 0.1) is 0 Å². The van der Waals surface area contributed by atoms with Crippen LogP contribution in [0.4, 0.5) is 0 Å². The average Bonchev–Trinajstić information content (AvgIpc) is 2.89. The topological polar surface area (TPSA) is 52.7 Å². The summed E-state index contributed by atoms with van der Waals surface area (Å²) in [4.78, 5) is 29.4. The highest BCUT2D eigenvalue weighted by Crippen LogP contribution is 2.29. The molecule has 36 heavy (non-hydrogen) atoms. The van der Waals surface area contributed by atoms with Crippen molar-refractivity contribution in [2.24, 2.45) is 0 Å². The summed E-state index contributed by atoms with van der Waals surface area (Å²) >= 11 is 12.5. The van der Waals surface area contributed by atoms with Gasteiger partial charge in [0.25, 0.3) is 5.91 Å². The molecule has 1 N–H and O–H groups in total. The van der Waals surface area contributed by atoms with E-state index < -0.39 is 0 Å². The first kappa shape index (κ1) is 28.5. The molecule has 2 amide bonds. The zero-order chi connectivity index (χ0) is 25.9. The van der Waals surface area contributed by atoms with Crippen molar-refractivity contribution in [2.45, 2.75) is 63.8 Å². The van der Waals surface area contributed by atoms with Gasteiger partial charge in [0.15, 0.2) is 0 Å². The highest BCUT2D eigenvalue weighted by atomic mass is 35.5. The maximum atomic E-state index is 13.0. The summed E-state index contributed by atoms with van der Waals surface area (Å²) in [5.74, 6) is 0.331. The van der Waals surface area contributed by atoms with Gasteiger partial charge in [0.05, 0.1) is 10.0 Å². The molecule has 1 saturated heterocycles. The molecular weight excluding hydrogens is 493 g/mol. The van der Waals surface area contributed by atoms with Crippen molar-refractivity contribution >= 4 is 35.0 Å². The predicted octanol–water partition coefficient (Wildman–Crippen LogP) is 6.40. The highest BCUT2D eigenvalue weighted by Gasteiger charge is 2.24. The first-order valence-electron chi connectivity index (χ1n) is 13.1. The molecule has 2 aromatic carbocycles. The largest absolute Gasteiger partial charge is 0.353 e. The van der Waals surface area contributed by atoms with Crippen LogP contribution < -0.4 is 5.32 Å². The summed E-state index contributed by atoms with van der Waals surface area (Å²) in [6.07, 6.45) is 6.70. The van der Waals surface area contributed by atoms with Crippen LogP contribution in [0.2, 0.25) is 10.0 Å². The minimum absolute atomic E-state index is 0.0103. The number of unbranched alkanes of at least 4 members (excludes halogenated alkanes) is 2. The number of halogens is 2. The van der Waals surface area contributed by atoms with Crippen LogP contribution in [-0.4, -0.2) is 60.9 Å². The summed E-state index contributed by atoms with van der Waals surface area (Å²) in [5, 5.41) is 4.29. The number of piperidine rings is 1. The van der Waals surface area contributed by atoms with Crippen molar-refractivity contribution in [3.05, 3.63) is 69.7 Å². The number of amides is 2. The van der Waals surface area contributed by atoms with E-state index in [-0.39, 0.29) is 23.8 Å². The fourth-order valence-corrected chi connectivity index (χ4v) is 5.13. The van der Waals surface area contributed by atoms with E-state index in [0.29, 0.717) is 28.6 Å². The first-order chi connectivity index (χ1) is 17.4. The van der Waals surface area contributed by atoms with Gasteiger partial charge in [0, 0.05) is 50.6 Å². The molecule has 7 heteroatoms. The second-order valence-electron chi connectivity index (χ2n) is 9.85. The van der Waals surface area contributed by atoms with Gasteiger partial charge in [-0.1, -0.05) is 67.2 Å². The van der Waals surface area contributed by atoms with Crippen LogP contribution in [0.3, 0.4) is 0 Å². The fraction of sp³-hybridized carbons (Fsp3) is 0.517. The van der Waals surface area contributed by atoms with E-state index in [9.17, 15) is 9.59 Å². The van der Waals surface area contributed by atoms with E-state index in [1.54, 1.807) is 4.90 Å². The molecule has 1 fully saturated rings. The number of hydrogen-bond donors (Lipinski definition) is 1. The Hall–Kier alpha value is -2.08. The smallest absolute Gasteiger partial charge is 0.253 e. The molecule has 3 rings (SSSR count). The van der Waals surface area contributed by atoms with Crippen LogP contribution in [-0.2, 0) is 4.79 Å². The van der Waals surface area contributed by atoms with Gasteiger partial charge in [0.1, 0.15) is 0 Å². The second-order valence-corrected chi connectivity index (χ2v) is 10.7. The van der Waals surface area contributed by atoms with Crippen molar-refractivity contribution in [1.82, 2.24) is 15.1 Å². The van der Waals surface area contributed by atoms with Gasteiger partial charge >= 0.3 is 0 Å². The molecule has 1 atom stereocenters. The molecule has 1 unspecified atom stereocenters. The van der Waals surface area contributed by atoms with Gasteiger partial charge in [-0.15, -0.1) is 0 Å². The number of rotatable bonds is 12. The Bertz CT molecular complexity index is 978. The van der Waals surface area contributed by atoms with Crippen molar-refractivity contribution in [2.75, 3.05) is 33.2 Å². The fourth-order valence-electron chi connectivity index (χ4n) is 4.82. The number of nitrogens with one attached hydrogen (secondary N) is 1. The van der Waals surface area contributed by atoms with Gasteiger partial charge in [0.2, 0.25) is 5.91 Å². The third-order valence-corrected chi connectivity index (χ3v) is 7.77. The number of likely N-dealkylation sites (N-methyl/N-ethyl adjacent to an activating group) is 1. The highest BCUT2D eigenvalue weighted by molar-refractivity contribution is 6.42. The molecule has 0 radical (unpaired) electrons. The standard InChI is InChI=1S/C29H39Cl2N3O2/c1-3-4-6-11-28(35)32-25-15-18-34(19-16-25)17-14-24(23-12-13-26(30)27(31)20-23)21-33(2)29(36)22-9-7-5-8-10-22/h5,7-10,12-13,20,24-25H,3-4,6,11,14-19,21H2,1-2H3,(H,32,35). The Balaban J connectivity index is 1.56. The van der Waals surface area contributed by atoms with Crippen LogP contribution in [0.15, 0.2) is 48.5 Å². The molecule has 196 valence electrons. The minimum Gasteiger partial charge on any atom is -0.353 e. The van der Waals surface area contributed by atoms with Gasteiger partial charge in [-0.2, -0.15) is 0 Å². The average molecular weight is 533 g/mol. The van der Waals surface area contributed by atoms with Crippen LogP contribution in [0.25, 0.3) is 0 Å². The van der Waals surface area contributed by atoms with Crippen molar-refractivity contribution in [3.63, 3.8) is 0 Å². The lowest BCUT2D eigenvalue weighted by Crippen LogP contribution is -2.45. The lowest BCUT2D eigenvalue weighted by atomic mass is 9.94. The molecule has 1 aliphatic rings. The first-order valence-corrected chi connectivity index (χ1v) is 13.9. The minimum atomic E-state index is 0.0103. The van der Waals surface area contributed by atoms with E-state index in [1.807, 2.05) is 55.6 Å². The Kier molecular flexibility index (Phi) is 11.6. The van der Waals surface area contributed by atoms with Crippen molar-refractivity contribution in [1.29, 1.82) is 0 Å². The lowest BCUT2D eigenvalue weighted by Gasteiger charge is -2.34. The molecule has 5 nitrogen and oxygen atoms in total. The summed E-state index contributed by atoms with van der Waals surface area (Å²) in [6, 6.07) is 15.4. The SMILES string of the molecule is CCCCCC(=O)NC1CCN(CCC(CN(C)C(=O)c2ccccc2)c2ccc(Cl)c(Cl)c2)CC1. The summed E-state index contributed by atoms with van der Waals surface area (Å²) in [6.45, 7) is 5.60. The summed E-state index contributed by atoms with van der Waals surface area (Å²) in [5.41, 5.74) is 1.78. The van der Waals surface area contributed by atoms with E-state index in [1.165, 1.54) is 0 Å². The van der Waals surface area contributed by atoms with Crippen molar-refractivity contribution < 1.29 is 9.59 Å². The van der Waals surface area contributed by atoms with Crippen molar-refractivity contribution in [3.8, 4) is 0 Å². The molecule has 2 aromatic rings. The number of carbonyl (C=O) groups excluding carboxylic acids is 2. The van der Waals surface area contributed by atoms with Gasteiger partial charge < -0.3 is 15.1 Å². The zero-order valence-electron chi connectivity index (χ0n) is 21.5. The Labute approximate surface area is 226 Å². The molecule has 0 spiro atoms. The van der Waals surface area contributed by atoms with Gasteiger partial charge in [-0.25, -0.2) is 0 Å². The van der Waals surface area contributed by atoms with E-state index >= 15 is 0 Å². The maximum absolute atomic E-state index is 13.0.